The number of phenolic OH excluding ortho intramolecular Hbond substituents is 8. The molecule has 9 heteroatoms. The number of furan rings is 1. The molecule has 9 aromatic carbocycles. The smallest absolute Gasteiger partial charge is 0.204 e. The van der Waals surface area contributed by atoms with Crippen LogP contribution in [-0.4, -0.2) is 40.9 Å². The summed E-state index contributed by atoms with van der Waals surface area (Å²) < 4.78 is 6.30. The van der Waals surface area contributed by atoms with E-state index in [-0.39, 0.29) is 32.7 Å². The zero-order valence-electron chi connectivity index (χ0n) is 29.7. The van der Waals surface area contributed by atoms with E-state index in [9.17, 15) is 40.9 Å². The number of aromatic hydroxyl groups is 8. The van der Waals surface area contributed by atoms with Crippen LogP contribution in [0.2, 0.25) is 0 Å². The van der Waals surface area contributed by atoms with Crippen molar-refractivity contribution in [1.82, 2.24) is 0 Å². The Morgan fingerprint density at radius 1 is 0.316 bits per heavy atom. The highest BCUT2D eigenvalue weighted by Gasteiger charge is 2.33. The largest absolute Gasteiger partial charge is 0.504 e. The van der Waals surface area contributed by atoms with Crippen LogP contribution >= 0.6 is 0 Å². The quantitative estimate of drug-likeness (QED) is 0.0494. The molecule has 0 saturated heterocycles. The van der Waals surface area contributed by atoms with Gasteiger partial charge >= 0.3 is 0 Å². The van der Waals surface area contributed by atoms with Gasteiger partial charge < -0.3 is 45.3 Å². The van der Waals surface area contributed by atoms with E-state index in [0.717, 1.165) is 49.4 Å². The van der Waals surface area contributed by atoms with Gasteiger partial charge in [0.25, 0.3) is 0 Å². The lowest BCUT2D eigenvalue weighted by molar-refractivity contribution is 0.350. The number of fused-ring (bicyclic) bond motifs is 7. The Kier molecular flexibility index (Phi) is 7.20. The molecule has 10 aromatic rings. The highest BCUT2D eigenvalue weighted by molar-refractivity contribution is 6.29. The number of rotatable bonds is 4. The summed E-state index contributed by atoms with van der Waals surface area (Å²) >= 11 is 0. The van der Waals surface area contributed by atoms with Gasteiger partial charge in [0.1, 0.15) is 11.2 Å². The average molecular weight is 751 g/mol. The van der Waals surface area contributed by atoms with Crippen LogP contribution < -0.4 is 0 Å². The van der Waals surface area contributed by atoms with Gasteiger partial charge in [-0.2, -0.15) is 0 Å². The maximum Gasteiger partial charge on any atom is 0.204 e. The van der Waals surface area contributed by atoms with Crippen LogP contribution in [0, 0.1) is 0 Å². The molecule has 0 aliphatic heterocycles. The van der Waals surface area contributed by atoms with Gasteiger partial charge in [-0.3, -0.25) is 0 Å². The third kappa shape index (κ3) is 4.76. The summed E-state index contributed by atoms with van der Waals surface area (Å²) in [5.74, 6) is -7.45. The first-order valence-corrected chi connectivity index (χ1v) is 18.0. The highest BCUT2D eigenvalue weighted by Crippen LogP contribution is 2.62. The standard InChI is InChI=1S/C48H30O9/c49-40-36-34(26-16-14-23(15-17-26)27-19-21-33-32(22-27)31-20-18-25-10-4-5-12-29(25)48(31)57-33)37-39(43(52)47(56)45(54)41(37)50)35(38(36)42(51)46(55)44(40)53)30-13-7-6-11-28(30)24-8-2-1-3-9-24/h1-22,49-56H. The summed E-state index contributed by atoms with van der Waals surface area (Å²) in [7, 11) is 0. The van der Waals surface area contributed by atoms with Gasteiger partial charge in [-0.15, -0.1) is 0 Å². The second-order valence-corrected chi connectivity index (χ2v) is 14.0. The van der Waals surface area contributed by atoms with Crippen molar-refractivity contribution in [3.63, 3.8) is 0 Å². The number of phenols is 8. The minimum atomic E-state index is -1.03. The molecule has 0 saturated carbocycles. The Hall–Kier alpha value is -8.04. The Labute approximate surface area is 322 Å². The molecular formula is C48H30O9. The molecule has 0 radical (unpaired) electrons. The van der Waals surface area contributed by atoms with Crippen molar-refractivity contribution in [3.05, 3.63) is 133 Å². The zero-order valence-corrected chi connectivity index (χ0v) is 29.7. The van der Waals surface area contributed by atoms with Crippen LogP contribution in [0.3, 0.4) is 0 Å². The predicted molar refractivity (Wildman–Crippen MR) is 221 cm³/mol. The maximum atomic E-state index is 11.7. The summed E-state index contributed by atoms with van der Waals surface area (Å²) in [6.45, 7) is 0. The predicted octanol–water partition coefficient (Wildman–Crippen LogP) is 11.4. The third-order valence-electron chi connectivity index (χ3n) is 10.9. The van der Waals surface area contributed by atoms with E-state index in [1.54, 1.807) is 48.5 Å². The van der Waals surface area contributed by atoms with Crippen molar-refractivity contribution in [2.24, 2.45) is 0 Å². The molecule has 10 rings (SSSR count). The minimum Gasteiger partial charge on any atom is -0.504 e. The molecule has 8 N–H and O–H groups in total. The Balaban J connectivity index is 1.26. The van der Waals surface area contributed by atoms with E-state index in [1.807, 2.05) is 78.9 Å². The SMILES string of the molecule is Oc1c(O)c(O)c2c(-c3ccccc3-c3ccccc3)c3c(O)c(O)c(O)c(O)c3c(-c3ccc(-c4ccc5oc6c7ccccc7ccc6c5c4)cc3)c2c1O. The molecule has 0 unspecified atom stereocenters. The fourth-order valence-corrected chi connectivity index (χ4v) is 8.26. The van der Waals surface area contributed by atoms with Crippen LogP contribution in [0.25, 0.3) is 98.8 Å². The molecule has 0 atom stereocenters. The fourth-order valence-electron chi connectivity index (χ4n) is 8.26. The molecule has 0 aliphatic rings. The van der Waals surface area contributed by atoms with Gasteiger partial charge in [-0.1, -0.05) is 115 Å². The molecule has 0 spiro atoms. The summed E-state index contributed by atoms with van der Waals surface area (Å²) in [5.41, 5.74) is 5.11. The van der Waals surface area contributed by atoms with Crippen molar-refractivity contribution in [1.29, 1.82) is 0 Å². The molecule has 0 aliphatic carbocycles. The van der Waals surface area contributed by atoms with Crippen molar-refractivity contribution < 1.29 is 45.3 Å². The normalized spacial score (nSPS) is 11.7. The molecule has 276 valence electrons. The van der Waals surface area contributed by atoms with Crippen molar-refractivity contribution in [2.45, 2.75) is 0 Å². The Morgan fingerprint density at radius 2 is 0.825 bits per heavy atom. The monoisotopic (exact) mass is 750 g/mol. The summed E-state index contributed by atoms with van der Waals surface area (Å²) in [6, 6.07) is 41.1. The van der Waals surface area contributed by atoms with E-state index >= 15 is 0 Å². The average Bonchev–Trinajstić information content (AvgIpc) is 3.64. The van der Waals surface area contributed by atoms with E-state index in [1.165, 1.54) is 0 Å². The topological polar surface area (TPSA) is 175 Å². The van der Waals surface area contributed by atoms with E-state index in [0.29, 0.717) is 16.7 Å². The van der Waals surface area contributed by atoms with Crippen LogP contribution in [0.4, 0.5) is 0 Å². The summed E-state index contributed by atoms with van der Waals surface area (Å²) in [5, 5.41) is 93.8. The number of hydrogen-bond acceptors (Lipinski definition) is 9. The number of hydrogen-bond donors (Lipinski definition) is 8. The third-order valence-corrected chi connectivity index (χ3v) is 10.9. The Morgan fingerprint density at radius 3 is 1.46 bits per heavy atom. The number of benzene rings is 9. The molecule has 1 heterocycles. The van der Waals surface area contributed by atoms with Crippen molar-refractivity contribution in [3.8, 4) is 90.5 Å². The van der Waals surface area contributed by atoms with Crippen LogP contribution in [0.15, 0.2) is 138 Å². The molecule has 0 amide bonds. The second kappa shape index (κ2) is 12.2. The first-order chi connectivity index (χ1) is 27.6. The minimum absolute atomic E-state index is 0.0144. The highest BCUT2D eigenvalue weighted by atomic mass is 16.4. The lowest BCUT2D eigenvalue weighted by Crippen LogP contribution is -1.96. The van der Waals surface area contributed by atoms with Gasteiger partial charge in [-0.25, -0.2) is 0 Å². The summed E-state index contributed by atoms with van der Waals surface area (Å²) in [6.07, 6.45) is 0. The van der Waals surface area contributed by atoms with Crippen LogP contribution in [-0.2, 0) is 0 Å². The molecule has 9 nitrogen and oxygen atoms in total. The molecule has 1 aromatic heterocycles. The zero-order chi connectivity index (χ0) is 39.3. The van der Waals surface area contributed by atoms with Gasteiger partial charge in [0.15, 0.2) is 23.0 Å². The summed E-state index contributed by atoms with van der Waals surface area (Å²) in [4.78, 5) is 0. The van der Waals surface area contributed by atoms with Crippen molar-refractivity contribution >= 4 is 54.3 Å². The second-order valence-electron chi connectivity index (χ2n) is 14.0. The first kappa shape index (κ1) is 33.5. The van der Waals surface area contributed by atoms with E-state index in [2.05, 4.69) is 6.07 Å². The van der Waals surface area contributed by atoms with Gasteiger partial charge in [-0.05, 0) is 57.0 Å². The van der Waals surface area contributed by atoms with E-state index in [4.69, 9.17) is 4.42 Å². The lowest BCUT2D eigenvalue weighted by atomic mass is 9.81. The fraction of sp³-hybridized carbons (Fsp3) is 0. The molecule has 0 fully saturated rings. The van der Waals surface area contributed by atoms with Crippen molar-refractivity contribution in [2.75, 3.05) is 0 Å². The van der Waals surface area contributed by atoms with E-state index < -0.39 is 46.0 Å². The first-order valence-electron chi connectivity index (χ1n) is 18.0. The van der Waals surface area contributed by atoms with Gasteiger partial charge in [0, 0.05) is 48.8 Å². The van der Waals surface area contributed by atoms with Gasteiger partial charge in [0.2, 0.25) is 23.0 Å². The molecular weight excluding hydrogens is 721 g/mol. The molecule has 0 bridgehead atoms. The lowest BCUT2D eigenvalue weighted by Gasteiger charge is -2.23. The Bertz CT molecular complexity index is 3230. The van der Waals surface area contributed by atoms with Gasteiger partial charge in [0.05, 0.1) is 0 Å². The van der Waals surface area contributed by atoms with Crippen LogP contribution in [0.1, 0.15) is 0 Å². The maximum absolute atomic E-state index is 11.7. The molecule has 57 heavy (non-hydrogen) atoms. The van der Waals surface area contributed by atoms with Crippen LogP contribution in [0.5, 0.6) is 46.0 Å².